The van der Waals surface area contributed by atoms with Crippen LogP contribution in [0.25, 0.3) is 0 Å². The van der Waals surface area contributed by atoms with Crippen molar-refractivity contribution in [2.45, 2.75) is 13.0 Å². The van der Waals surface area contributed by atoms with Crippen LogP contribution in [-0.4, -0.2) is 38.1 Å². The maximum absolute atomic E-state index is 11.7. The second-order valence-electron chi connectivity index (χ2n) is 3.18. The SMILES string of the molecule is NCCc1nc(C(=O)NCc2nn[nH]n2)cs1. The summed E-state index contributed by atoms with van der Waals surface area (Å²) in [5, 5.41) is 18.3. The minimum absolute atomic E-state index is 0.221. The molecule has 0 atom stereocenters. The van der Waals surface area contributed by atoms with Gasteiger partial charge in [0.25, 0.3) is 5.91 Å². The smallest absolute Gasteiger partial charge is 0.271 e. The molecule has 1 amide bonds. The van der Waals surface area contributed by atoms with Gasteiger partial charge in [-0.3, -0.25) is 4.79 Å². The minimum Gasteiger partial charge on any atom is -0.343 e. The number of amides is 1. The maximum Gasteiger partial charge on any atom is 0.271 e. The van der Waals surface area contributed by atoms with E-state index < -0.39 is 0 Å². The Morgan fingerprint density at radius 3 is 3.18 bits per heavy atom. The molecule has 0 spiro atoms. The summed E-state index contributed by atoms with van der Waals surface area (Å²) in [5.74, 6) is 0.171. The van der Waals surface area contributed by atoms with Gasteiger partial charge in [0.05, 0.1) is 11.6 Å². The van der Waals surface area contributed by atoms with Crippen molar-refractivity contribution < 1.29 is 4.79 Å². The van der Waals surface area contributed by atoms with Gasteiger partial charge in [-0.15, -0.1) is 21.5 Å². The predicted molar refractivity (Wildman–Crippen MR) is 60.2 cm³/mol. The fourth-order valence-corrected chi connectivity index (χ4v) is 1.95. The van der Waals surface area contributed by atoms with Gasteiger partial charge in [0, 0.05) is 11.8 Å². The highest BCUT2D eigenvalue weighted by molar-refractivity contribution is 7.09. The van der Waals surface area contributed by atoms with Gasteiger partial charge in [-0.2, -0.15) is 5.21 Å². The number of thiazole rings is 1. The first kappa shape index (κ1) is 11.6. The highest BCUT2D eigenvalue weighted by atomic mass is 32.1. The molecule has 90 valence electrons. The zero-order valence-electron chi connectivity index (χ0n) is 8.88. The highest BCUT2D eigenvalue weighted by Crippen LogP contribution is 2.09. The molecular formula is C8H11N7OS. The molecule has 8 nitrogen and oxygen atoms in total. The van der Waals surface area contributed by atoms with Crippen LogP contribution in [0, 0.1) is 0 Å². The summed E-state index contributed by atoms with van der Waals surface area (Å²) in [6.45, 7) is 0.747. The van der Waals surface area contributed by atoms with Crippen molar-refractivity contribution in [2.24, 2.45) is 5.73 Å². The Hall–Kier alpha value is -1.87. The van der Waals surface area contributed by atoms with E-state index in [0.29, 0.717) is 24.5 Å². The second kappa shape index (κ2) is 5.46. The second-order valence-corrected chi connectivity index (χ2v) is 4.12. The molecule has 0 aliphatic heterocycles. The van der Waals surface area contributed by atoms with Crippen LogP contribution in [0.1, 0.15) is 21.3 Å². The molecule has 2 rings (SSSR count). The number of aromatic nitrogens is 5. The molecule has 0 aliphatic rings. The summed E-state index contributed by atoms with van der Waals surface area (Å²) in [4.78, 5) is 15.8. The van der Waals surface area contributed by atoms with Crippen LogP contribution in [0.5, 0.6) is 0 Å². The van der Waals surface area contributed by atoms with Crippen LogP contribution in [0.2, 0.25) is 0 Å². The molecule has 4 N–H and O–H groups in total. The highest BCUT2D eigenvalue weighted by Gasteiger charge is 2.10. The number of nitrogens with two attached hydrogens (primary N) is 1. The standard InChI is InChI=1S/C8H11N7OS/c9-2-1-7-11-5(4-17-7)8(16)10-3-6-12-14-15-13-6/h4H,1-3,9H2,(H,10,16)(H,12,13,14,15). The van der Waals surface area contributed by atoms with Gasteiger partial charge < -0.3 is 11.1 Å². The molecule has 0 radical (unpaired) electrons. The number of H-pyrrole nitrogens is 1. The molecule has 9 heteroatoms. The number of rotatable bonds is 5. The summed E-state index contributed by atoms with van der Waals surface area (Å²) in [5.41, 5.74) is 5.80. The Balaban J connectivity index is 1.90. The van der Waals surface area contributed by atoms with E-state index in [4.69, 9.17) is 5.73 Å². The molecule has 0 aliphatic carbocycles. The third-order valence-electron chi connectivity index (χ3n) is 1.94. The molecular weight excluding hydrogens is 242 g/mol. The van der Waals surface area contributed by atoms with Gasteiger partial charge in [0.15, 0.2) is 5.82 Å². The van der Waals surface area contributed by atoms with Crippen LogP contribution in [0.3, 0.4) is 0 Å². The average Bonchev–Trinajstić information content (AvgIpc) is 2.97. The largest absolute Gasteiger partial charge is 0.343 e. The molecule has 0 saturated heterocycles. The molecule has 2 aromatic rings. The predicted octanol–water partition coefficient (Wildman–Crippen LogP) is -0.913. The molecule has 2 heterocycles. The van der Waals surface area contributed by atoms with Crippen LogP contribution < -0.4 is 11.1 Å². The van der Waals surface area contributed by atoms with Crippen molar-refractivity contribution in [3.8, 4) is 0 Å². The Morgan fingerprint density at radius 1 is 1.59 bits per heavy atom. The van der Waals surface area contributed by atoms with Crippen LogP contribution >= 0.6 is 11.3 Å². The molecule has 0 unspecified atom stereocenters. The van der Waals surface area contributed by atoms with Crippen molar-refractivity contribution >= 4 is 17.2 Å². The Bertz CT molecular complexity index is 480. The van der Waals surface area contributed by atoms with Crippen LogP contribution in [-0.2, 0) is 13.0 Å². The van der Waals surface area contributed by atoms with Crippen LogP contribution in [0.15, 0.2) is 5.38 Å². The van der Waals surface area contributed by atoms with Gasteiger partial charge in [0.1, 0.15) is 5.69 Å². The van der Waals surface area contributed by atoms with Crippen molar-refractivity contribution in [3.05, 3.63) is 21.9 Å². The fraction of sp³-hybridized carbons (Fsp3) is 0.375. The zero-order valence-corrected chi connectivity index (χ0v) is 9.70. The Kier molecular flexibility index (Phi) is 3.73. The minimum atomic E-state index is -0.255. The number of nitrogens with one attached hydrogen (secondary N) is 2. The average molecular weight is 253 g/mol. The van der Waals surface area contributed by atoms with Crippen molar-refractivity contribution in [1.29, 1.82) is 0 Å². The van der Waals surface area contributed by atoms with Crippen molar-refractivity contribution in [1.82, 2.24) is 30.9 Å². The fourth-order valence-electron chi connectivity index (χ4n) is 1.16. The number of hydrogen-bond acceptors (Lipinski definition) is 7. The third kappa shape index (κ3) is 3.04. The van der Waals surface area contributed by atoms with E-state index in [1.54, 1.807) is 5.38 Å². The molecule has 0 aromatic carbocycles. The number of aromatic amines is 1. The summed E-state index contributed by atoms with van der Waals surface area (Å²) >= 11 is 1.42. The number of tetrazole rings is 1. The molecule has 2 aromatic heterocycles. The zero-order chi connectivity index (χ0) is 12.1. The summed E-state index contributed by atoms with van der Waals surface area (Å²) < 4.78 is 0. The monoisotopic (exact) mass is 253 g/mol. The molecule has 0 fully saturated rings. The normalized spacial score (nSPS) is 10.4. The number of carbonyl (C=O) groups is 1. The van der Waals surface area contributed by atoms with Gasteiger partial charge in [-0.25, -0.2) is 4.98 Å². The summed E-state index contributed by atoms with van der Waals surface area (Å²) in [6, 6.07) is 0. The van der Waals surface area contributed by atoms with Gasteiger partial charge in [-0.05, 0) is 6.54 Å². The topological polar surface area (TPSA) is 122 Å². The lowest BCUT2D eigenvalue weighted by Crippen LogP contribution is -2.23. The first-order chi connectivity index (χ1) is 8.29. The Morgan fingerprint density at radius 2 is 2.47 bits per heavy atom. The molecule has 0 saturated carbocycles. The first-order valence-electron chi connectivity index (χ1n) is 4.94. The summed E-state index contributed by atoms with van der Waals surface area (Å²) in [6.07, 6.45) is 0.683. The Labute approximate surface area is 101 Å². The van der Waals surface area contributed by atoms with E-state index in [2.05, 4.69) is 30.9 Å². The molecule has 0 bridgehead atoms. The first-order valence-corrected chi connectivity index (χ1v) is 5.82. The van der Waals surface area contributed by atoms with E-state index in [1.165, 1.54) is 11.3 Å². The van der Waals surface area contributed by atoms with E-state index >= 15 is 0 Å². The number of nitrogens with zero attached hydrogens (tertiary/aromatic N) is 4. The van der Waals surface area contributed by atoms with E-state index in [1.807, 2.05) is 0 Å². The van der Waals surface area contributed by atoms with Gasteiger partial charge in [0.2, 0.25) is 0 Å². The third-order valence-corrected chi connectivity index (χ3v) is 2.85. The van der Waals surface area contributed by atoms with E-state index in [0.717, 1.165) is 5.01 Å². The van der Waals surface area contributed by atoms with Gasteiger partial charge in [-0.1, -0.05) is 5.21 Å². The van der Waals surface area contributed by atoms with E-state index in [-0.39, 0.29) is 12.5 Å². The lowest BCUT2D eigenvalue weighted by Gasteiger charge is -1.98. The van der Waals surface area contributed by atoms with Crippen molar-refractivity contribution in [2.75, 3.05) is 6.54 Å². The van der Waals surface area contributed by atoms with E-state index in [9.17, 15) is 4.79 Å². The maximum atomic E-state index is 11.7. The van der Waals surface area contributed by atoms with Crippen molar-refractivity contribution in [3.63, 3.8) is 0 Å². The van der Waals surface area contributed by atoms with Crippen LogP contribution in [0.4, 0.5) is 0 Å². The number of hydrogen-bond donors (Lipinski definition) is 3. The summed E-state index contributed by atoms with van der Waals surface area (Å²) in [7, 11) is 0. The lowest BCUT2D eigenvalue weighted by atomic mass is 10.4. The van der Waals surface area contributed by atoms with Gasteiger partial charge >= 0.3 is 0 Å². The number of carbonyl (C=O) groups excluding carboxylic acids is 1. The quantitative estimate of drug-likeness (QED) is 0.634. The molecule has 17 heavy (non-hydrogen) atoms. The lowest BCUT2D eigenvalue weighted by molar-refractivity contribution is 0.0945.